The van der Waals surface area contributed by atoms with E-state index < -0.39 is 0 Å². The molecule has 0 saturated carbocycles. The van der Waals surface area contributed by atoms with Crippen molar-refractivity contribution < 1.29 is 133 Å². The fraction of sp³-hybridized carbons (Fsp3) is 0.400. The maximum Gasteiger partial charge on any atom is 0.203 e. The molecule has 0 radical (unpaired) electrons. The summed E-state index contributed by atoms with van der Waals surface area (Å²) in [5.41, 5.74) is 16.3. The van der Waals surface area contributed by atoms with Crippen LogP contribution in [0.1, 0.15) is 114 Å². The fourth-order valence-corrected chi connectivity index (χ4v) is 19.7. The number of ether oxygens (including phenoxy) is 28. The molecular weight excluding hydrogens is 1890 g/mol. The van der Waals surface area contributed by atoms with Crippen molar-refractivity contribution in [2.24, 2.45) is 11.8 Å². The molecule has 0 heterocycles. The van der Waals surface area contributed by atoms with Gasteiger partial charge in [0.15, 0.2) is 46.0 Å². The van der Waals surface area contributed by atoms with Gasteiger partial charge in [0.1, 0.15) is 92.0 Å². The summed E-state index contributed by atoms with van der Waals surface area (Å²) in [5, 5.41) is 0. The summed E-state index contributed by atoms with van der Waals surface area (Å²) in [4.78, 5) is 0. The third-order valence-electron chi connectivity index (χ3n) is 27.3. The molecule has 0 spiro atoms. The molecule has 0 N–H and O–H groups in total. The summed E-state index contributed by atoms with van der Waals surface area (Å²) in [6, 6.07) is 57.2. The Morgan fingerprint density at radius 2 is 0.291 bits per heavy atom. The van der Waals surface area contributed by atoms with Crippen molar-refractivity contribution in [1.82, 2.24) is 0 Å². The van der Waals surface area contributed by atoms with Gasteiger partial charge in [0.05, 0.1) is 199 Å². The van der Waals surface area contributed by atoms with Gasteiger partial charge in [-0.05, 0) is 339 Å². The van der Waals surface area contributed by atoms with Crippen molar-refractivity contribution in [1.29, 1.82) is 0 Å². The van der Waals surface area contributed by atoms with Crippen molar-refractivity contribution in [3.8, 4) is 161 Å². The van der Waals surface area contributed by atoms with Crippen LogP contribution in [-0.4, -0.2) is 199 Å². The first-order chi connectivity index (χ1) is 71.9. The lowest BCUT2D eigenvalue weighted by Crippen LogP contribution is -2.20. The largest absolute Gasteiger partial charge is 0.497 e. The molecule has 0 aromatic heterocycles. The Hall–Kier alpha value is -15.0. The Kier molecular flexibility index (Phi) is 43.0. The molecule has 0 unspecified atom stereocenters. The number of hydrogen-bond acceptors (Lipinski definition) is 28. The van der Waals surface area contributed by atoms with Gasteiger partial charge >= 0.3 is 0 Å². The molecule has 0 fully saturated rings. The van der Waals surface area contributed by atoms with E-state index in [1.54, 1.807) is 199 Å². The predicted octanol–water partition coefficient (Wildman–Crippen LogP) is 22.4. The van der Waals surface area contributed by atoms with Crippen molar-refractivity contribution >= 4 is 0 Å². The van der Waals surface area contributed by atoms with Crippen LogP contribution in [0.4, 0.5) is 0 Å². The molecule has 12 aromatic carbocycles. The summed E-state index contributed by atoms with van der Waals surface area (Å²) in [6.45, 7) is 0. The maximum absolute atomic E-state index is 6.28. The molecule has 0 aliphatic heterocycles. The molecule has 0 bridgehead atoms. The standard InChI is InChI=1S/2C60H74O14/c2*1-61-44-22-40(23-45(35-44)62-2)21-42(18-15-37-27-51(65-5)48(52(28-37)66-6)19-16-38-29-55(69-9)59(73-13)56(30-38)70-10)50(26-41-24-46(63-3)36-47(25-41)64-4)43-33-53(67-7)49(54(34-43)68-8)20-17-39-31-57(71-11)60(74-14)58(32-39)72-12/h2*22-25,27-36,42,50H,15-21,26H2,1-14H3/t2*42-,50-/m10/s1. The van der Waals surface area contributed by atoms with E-state index >= 15 is 0 Å². The van der Waals surface area contributed by atoms with E-state index in [1.165, 1.54) is 0 Å². The monoisotopic (exact) mass is 2040 g/mol. The fourth-order valence-electron chi connectivity index (χ4n) is 19.7. The molecule has 796 valence electrons. The minimum absolute atomic E-state index is 0.0141. The first-order valence-corrected chi connectivity index (χ1v) is 49.0. The van der Waals surface area contributed by atoms with Gasteiger partial charge in [-0.15, -0.1) is 0 Å². The molecule has 28 nitrogen and oxygen atoms in total. The van der Waals surface area contributed by atoms with Gasteiger partial charge in [-0.25, -0.2) is 0 Å². The number of aryl methyl sites for hydroxylation is 6. The molecule has 28 heteroatoms. The SMILES string of the molecule is COc1cc(C[C@@H](CCc2cc(OC)c(CCc3cc(OC)c(OC)c(OC)c3)c(OC)c2)[C@@H](Cc2cc(OC)cc(OC)c2)c2cc(OC)c(CCc3cc(OC)c(OC)c(OC)c3)c(OC)c2)cc(OC)c1.COc1cc(C[C@H](CCc2cc(OC)c(CCc3cc(OC)c(OC)c(OC)c3)c(OC)c2)[C@H](Cc2cc(OC)cc(OC)c2)c2cc(OC)c(CCc3cc(OC)c(OC)c(OC)c3)c(OC)c2)cc(OC)c1. The summed E-state index contributed by atoms with van der Waals surface area (Å²) in [5.74, 6) is 18.3. The highest BCUT2D eigenvalue weighted by atomic mass is 16.6. The van der Waals surface area contributed by atoms with Crippen molar-refractivity contribution in [3.05, 3.63) is 259 Å². The lowest BCUT2D eigenvalue weighted by Gasteiger charge is -2.30. The Labute approximate surface area is 873 Å². The minimum Gasteiger partial charge on any atom is -0.497 e. The van der Waals surface area contributed by atoms with Gasteiger partial charge in [-0.3, -0.25) is 0 Å². The summed E-state index contributed by atoms with van der Waals surface area (Å²) >= 11 is 0. The molecule has 0 saturated heterocycles. The van der Waals surface area contributed by atoms with Gasteiger partial charge in [0.25, 0.3) is 0 Å². The van der Waals surface area contributed by atoms with E-state index in [0.29, 0.717) is 205 Å². The van der Waals surface area contributed by atoms with Crippen LogP contribution in [0.2, 0.25) is 0 Å². The quantitative estimate of drug-likeness (QED) is 0.0343. The third kappa shape index (κ3) is 28.5. The van der Waals surface area contributed by atoms with E-state index in [-0.39, 0.29) is 23.7 Å². The highest BCUT2D eigenvalue weighted by Gasteiger charge is 2.33. The molecular formula is C120H148O28. The van der Waals surface area contributed by atoms with Gasteiger partial charge in [0, 0.05) is 46.5 Å². The highest BCUT2D eigenvalue weighted by molar-refractivity contribution is 5.61. The second-order valence-electron chi connectivity index (χ2n) is 35.4. The van der Waals surface area contributed by atoms with E-state index in [9.17, 15) is 0 Å². The Morgan fingerprint density at radius 1 is 0.135 bits per heavy atom. The van der Waals surface area contributed by atoms with Crippen LogP contribution in [-0.2, 0) is 89.9 Å². The summed E-state index contributed by atoms with van der Waals surface area (Å²) in [6.07, 6.45) is 10.6. The molecule has 0 amide bonds. The number of benzene rings is 12. The van der Waals surface area contributed by atoms with Crippen LogP contribution < -0.4 is 133 Å². The molecule has 12 rings (SSSR count). The maximum atomic E-state index is 6.28. The van der Waals surface area contributed by atoms with Crippen LogP contribution in [0, 0.1) is 11.8 Å². The topological polar surface area (TPSA) is 258 Å². The lowest BCUT2D eigenvalue weighted by atomic mass is 9.75. The molecule has 0 aliphatic rings. The molecule has 148 heavy (non-hydrogen) atoms. The van der Waals surface area contributed by atoms with Crippen LogP contribution in [0.25, 0.3) is 0 Å². The van der Waals surface area contributed by atoms with E-state index in [0.717, 1.165) is 148 Å². The molecule has 12 aromatic rings. The minimum atomic E-state index is -0.0995. The second-order valence-corrected chi connectivity index (χ2v) is 35.4. The average Bonchev–Trinajstić information content (AvgIpc) is 0.786. The zero-order valence-electron chi connectivity index (χ0n) is 91.2. The summed E-state index contributed by atoms with van der Waals surface area (Å²) < 4.78 is 164. The van der Waals surface area contributed by atoms with Gasteiger partial charge in [0.2, 0.25) is 23.0 Å². The molecule has 0 aliphatic carbocycles. The van der Waals surface area contributed by atoms with Gasteiger partial charge in [-0.2, -0.15) is 0 Å². The molecule has 4 atom stereocenters. The third-order valence-corrected chi connectivity index (χ3v) is 27.3. The van der Waals surface area contributed by atoms with E-state index in [1.807, 2.05) is 72.8 Å². The van der Waals surface area contributed by atoms with Gasteiger partial charge in [-0.1, -0.05) is 0 Å². The van der Waals surface area contributed by atoms with Crippen LogP contribution in [0.3, 0.4) is 0 Å². The van der Waals surface area contributed by atoms with Crippen LogP contribution in [0.15, 0.2) is 170 Å². The normalized spacial score (nSPS) is 11.7. The highest BCUT2D eigenvalue weighted by Crippen LogP contribution is 2.50. The number of rotatable bonds is 58. The van der Waals surface area contributed by atoms with Crippen molar-refractivity contribution in [3.63, 3.8) is 0 Å². The zero-order chi connectivity index (χ0) is 107. The first-order valence-electron chi connectivity index (χ1n) is 49.0. The first kappa shape index (κ1) is 113. The van der Waals surface area contributed by atoms with E-state index in [2.05, 4.69) is 97.1 Å². The zero-order valence-corrected chi connectivity index (χ0v) is 91.2. The average molecular weight is 2040 g/mol. The number of hydrogen-bond donors (Lipinski definition) is 0. The van der Waals surface area contributed by atoms with Crippen LogP contribution in [0.5, 0.6) is 161 Å². The number of methoxy groups -OCH3 is 28. The smallest absolute Gasteiger partial charge is 0.203 e. The lowest BCUT2D eigenvalue weighted by molar-refractivity contribution is 0.323. The van der Waals surface area contributed by atoms with E-state index in [4.69, 9.17) is 133 Å². The van der Waals surface area contributed by atoms with Crippen LogP contribution >= 0.6 is 0 Å². The second kappa shape index (κ2) is 56.1. The Balaban J connectivity index is 0.000000281. The Bertz CT molecular complexity index is 5660. The summed E-state index contributed by atoms with van der Waals surface area (Å²) in [7, 11) is 46.4. The van der Waals surface area contributed by atoms with Crippen molar-refractivity contribution in [2.75, 3.05) is 199 Å². The Morgan fingerprint density at radius 3 is 0.453 bits per heavy atom. The van der Waals surface area contributed by atoms with Gasteiger partial charge < -0.3 is 133 Å². The predicted molar refractivity (Wildman–Crippen MR) is 574 cm³/mol. The van der Waals surface area contributed by atoms with Crippen molar-refractivity contribution in [2.45, 2.75) is 115 Å².